The Morgan fingerprint density at radius 1 is 1.43 bits per heavy atom. The van der Waals surface area contributed by atoms with Gasteiger partial charge in [0.05, 0.1) is 16.8 Å². The number of rotatable bonds is 3. The molecule has 0 radical (unpaired) electrons. The van der Waals surface area contributed by atoms with Crippen molar-refractivity contribution in [3.63, 3.8) is 0 Å². The number of fused-ring (bicyclic) bond motifs is 1. The van der Waals surface area contributed by atoms with Crippen LogP contribution in [0.15, 0.2) is 24.3 Å². The number of nitrogens with zero attached hydrogens (tertiary/aromatic N) is 2. The van der Waals surface area contributed by atoms with Crippen molar-refractivity contribution in [1.82, 2.24) is 15.2 Å². The number of hydrogen-bond donors (Lipinski definition) is 1. The van der Waals surface area contributed by atoms with E-state index in [-0.39, 0.29) is 17.9 Å². The lowest BCUT2D eigenvalue weighted by atomic mass is 10.2. The van der Waals surface area contributed by atoms with Crippen LogP contribution in [0.25, 0.3) is 10.2 Å². The third-order valence-electron chi connectivity index (χ3n) is 3.71. The number of likely N-dealkylation sites (tertiary alicyclic amines) is 1. The Kier molecular flexibility index (Phi) is 3.88. The van der Waals surface area contributed by atoms with E-state index in [2.05, 4.69) is 10.3 Å². The number of nitrogens with one attached hydrogen (secondary N) is 1. The molecule has 0 aliphatic carbocycles. The van der Waals surface area contributed by atoms with Crippen LogP contribution in [-0.2, 0) is 16.1 Å². The molecular weight excluding hydrogens is 286 g/mol. The second kappa shape index (κ2) is 5.81. The van der Waals surface area contributed by atoms with Crippen molar-refractivity contribution >= 4 is 33.4 Å². The summed E-state index contributed by atoms with van der Waals surface area (Å²) in [6.45, 7) is 2.61. The van der Waals surface area contributed by atoms with Crippen molar-refractivity contribution in [3.05, 3.63) is 29.3 Å². The maximum absolute atomic E-state index is 12.2. The van der Waals surface area contributed by atoms with Gasteiger partial charge in [-0.3, -0.25) is 9.59 Å². The van der Waals surface area contributed by atoms with E-state index in [1.165, 1.54) is 6.92 Å². The highest BCUT2D eigenvalue weighted by molar-refractivity contribution is 7.18. The standard InChI is InChI=1S/C15H17N3O2S/c1-10(19)18-8-4-6-12(18)15(20)16-9-14-17-11-5-2-3-7-13(11)21-14/h2-3,5,7,12H,4,6,8-9H2,1H3,(H,16,20)/t12-/m0/s1. The predicted octanol–water partition coefficient (Wildman–Crippen LogP) is 1.92. The molecule has 1 aliphatic rings. The highest BCUT2D eigenvalue weighted by atomic mass is 32.1. The number of carbonyl (C=O) groups excluding carboxylic acids is 2. The smallest absolute Gasteiger partial charge is 0.243 e. The van der Waals surface area contributed by atoms with E-state index in [0.717, 1.165) is 28.1 Å². The lowest BCUT2D eigenvalue weighted by Gasteiger charge is -2.22. The lowest BCUT2D eigenvalue weighted by molar-refractivity contribution is -0.136. The molecule has 1 fully saturated rings. The minimum atomic E-state index is -0.322. The molecule has 1 atom stereocenters. The first-order valence-corrected chi connectivity index (χ1v) is 7.86. The van der Waals surface area contributed by atoms with Crippen molar-refractivity contribution in [2.24, 2.45) is 0 Å². The Bertz CT molecular complexity index is 649. The minimum absolute atomic E-state index is 0.0346. The first kappa shape index (κ1) is 14.0. The summed E-state index contributed by atoms with van der Waals surface area (Å²) in [7, 11) is 0. The highest BCUT2D eigenvalue weighted by Crippen LogP contribution is 2.22. The van der Waals surface area contributed by atoms with Crippen LogP contribution in [-0.4, -0.2) is 34.3 Å². The molecule has 1 aromatic heterocycles. The summed E-state index contributed by atoms with van der Waals surface area (Å²) in [4.78, 5) is 29.8. The van der Waals surface area contributed by atoms with Crippen LogP contribution in [0, 0.1) is 0 Å². The fourth-order valence-corrected chi connectivity index (χ4v) is 3.60. The summed E-state index contributed by atoms with van der Waals surface area (Å²) in [5.41, 5.74) is 0.956. The number of thiazole rings is 1. The van der Waals surface area contributed by atoms with E-state index in [4.69, 9.17) is 0 Å². The molecule has 0 saturated carbocycles. The van der Waals surface area contributed by atoms with E-state index in [1.54, 1.807) is 16.2 Å². The molecule has 1 saturated heterocycles. The Balaban J connectivity index is 1.64. The van der Waals surface area contributed by atoms with Gasteiger partial charge < -0.3 is 10.2 Å². The molecule has 110 valence electrons. The Labute approximate surface area is 127 Å². The maximum Gasteiger partial charge on any atom is 0.243 e. The average Bonchev–Trinajstić information content (AvgIpc) is 3.10. The van der Waals surface area contributed by atoms with Gasteiger partial charge in [-0.2, -0.15) is 0 Å². The molecule has 0 unspecified atom stereocenters. The number of para-hydroxylation sites is 1. The van der Waals surface area contributed by atoms with Crippen LogP contribution in [0.3, 0.4) is 0 Å². The van der Waals surface area contributed by atoms with E-state index in [9.17, 15) is 9.59 Å². The molecule has 5 nitrogen and oxygen atoms in total. The summed E-state index contributed by atoms with van der Waals surface area (Å²) in [6.07, 6.45) is 1.63. The Morgan fingerprint density at radius 2 is 2.24 bits per heavy atom. The van der Waals surface area contributed by atoms with Crippen molar-refractivity contribution in [2.45, 2.75) is 32.4 Å². The molecule has 0 spiro atoms. The predicted molar refractivity (Wildman–Crippen MR) is 81.9 cm³/mol. The zero-order valence-electron chi connectivity index (χ0n) is 11.8. The summed E-state index contributed by atoms with van der Waals surface area (Å²) < 4.78 is 1.12. The quantitative estimate of drug-likeness (QED) is 0.942. The molecule has 2 heterocycles. The first-order chi connectivity index (χ1) is 10.1. The number of benzene rings is 1. The zero-order valence-corrected chi connectivity index (χ0v) is 12.7. The van der Waals surface area contributed by atoms with Crippen molar-refractivity contribution in [1.29, 1.82) is 0 Å². The number of carbonyl (C=O) groups is 2. The van der Waals surface area contributed by atoms with Gasteiger partial charge in [-0.15, -0.1) is 11.3 Å². The molecule has 6 heteroatoms. The van der Waals surface area contributed by atoms with Gasteiger partial charge in [0.25, 0.3) is 0 Å². The molecular formula is C15H17N3O2S. The zero-order chi connectivity index (χ0) is 14.8. The van der Waals surface area contributed by atoms with Gasteiger partial charge in [0.15, 0.2) is 0 Å². The molecule has 3 rings (SSSR count). The molecule has 1 N–H and O–H groups in total. The summed E-state index contributed by atoms with van der Waals surface area (Å²) in [5, 5.41) is 3.79. The average molecular weight is 303 g/mol. The fourth-order valence-electron chi connectivity index (χ4n) is 2.69. The molecule has 1 aliphatic heterocycles. The van der Waals surface area contributed by atoms with Crippen LogP contribution in [0.1, 0.15) is 24.8 Å². The number of amides is 2. The van der Waals surface area contributed by atoms with Crippen molar-refractivity contribution < 1.29 is 9.59 Å². The van der Waals surface area contributed by atoms with Gasteiger partial charge in [0.2, 0.25) is 11.8 Å². The van der Waals surface area contributed by atoms with Crippen LogP contribution in [0.5, 0.6) is 0 Å². The minimum Gasteiger partial charge on any atom is -0.348 e. The van der Waals surface area contributed by atoms with Crippen LogP contribution in [0.2, 0.25) is 0 Å². The largest absolute Gasteiger partial charge is 0.348 e. The van der Waals surface area contributed by atoms with Gasteiger partial charge in [0, 0.05) is 13.5 Å². The second-order valence-electron chi connectivity index (χ2n) is 5.16. The third-order valence-corrected chi connectivity index (χ3v) is 4.75. The summed E-state index contributed by atoms with van der Waals surface area (Å²) >= 11 is 1.58. The highest BCUT2D eigenvalue weighted by Gasteiger charge is 2.32. The Morgan fingerprint density at radius 3 is 3.00 bits per heavy atom. The number of hydrogen-bond acceptors (Lipinski definition) is 4. The normalized spacial score (nSPS) is 18.1. The van der Waals surface area contributed by atoms with Crippen LogP contribution < -0.4 is 5.32 Å². The third kappa shape index (κ3) is 2.90. The SMILES string of the molecule is CC(=O)N1CCC[C@H]1C(=O)NCc1nc2ccccc2s1. The van der Waals surface area contributed by atoms with Gasteiger partial charge in [0.1, 0.15) is 11.0 Å². The Hall–Kier alpha value is -1.95. The fraction of sp³-hybridized carbons (Fsp3) is 0.400. The van der Waals surface area contributed by atoms with E-state index in [0.29, 0.717) is 13.1 Å². The summed E-state index contributed by atoms with van der Waals surface area (Å²) in [5.74, 6) is -0.116. The van der Waals surface area contributed by atoms with Gasteiger partial charge in [-0.05, 0) is 25.0 Å². The van der Waals surface area contributed by atoms with E-state index < -0.39 is 0 Å². The molecule has 21 heavy (non-hydrogen) atoms. The lowest BCUT2D eigenvalue weighted by Crippen LogP contribution is -2.44. The van der Waals surface area contributed by atoms with Crippen LogP contribution in [0.4, 0.5) is 0 Å². The molecule has 1 aromatic carbocycles. The summed E-state index contributed by atoms with van der Waals surface area (Å²) in [6, 6.07) is 7.59. The van der Waals surface area contributed by atoms with Crippen molar-refractivity contribution in [2.75, 3.05) is 6.54 Å². The topological polar surface area (TPSA) is 62.3 Å². The number of aromatic nitrogens is 1. The van der Waals surface area contributed by atoms with Crippen molar-refractivity contribution in [3.8, 4) is 0 Å². The monoisotopic (exact) mass is 303 g/mol. The molecule has 2 amide bonds. The maximum atomic E-state index is 12.2. The second-order valence-corrected chi connectivity index (χ2v) is 6.28. The first-order valence-electron chi connectivity index (χ1n) is 7.04. The van der Waals surface area contributed by atoms with Crippen LogP contribution >= 0.6 is 11.3 Å². The molecule has 0 bridgehead atoms. The van der Waals surface area contributed by atoms with E-state index >= 15 is 0 Å². The van der Waals surface area contributed by atoms with E-state index in [1.807, 2.05) is 24.3 Å². The molecule has 2 aromatic rings. The van der Waals surface area contributed by atoms with Gasteiger partial charge in [-0.1, -0.05) is 12.1 Å². The van der Waals surface area contributed by atoms with Gasteiger partial charge >= 0.3 is 0 Å². The van der Waals surface area contributed by atoms with Gasteiger partial charge in [-0.25, -0.2) is 4.98 Å².